The molecule has 1 aromatic rings. The number of aliphatic hydroxyl groups is 1. The zero-order valence-corrected chi connectivity index (χ0v) is 10.00. The normalized spacial score (nSPS) is 26.4. The third kappa shape index (κ3) is 1.64. The van der Waals surface area contributed by atoms with Crippen molar-refractivity contribution in [2.24, 2.45) is 0 Å². The number of amides is 3. The van der Waals surface area contributed by atoms with E-state index in [1.807, 2.05) is 0 Å². The van der Waals surface area contributed by atoms with Crippen LogP contribution in [0.3, 0.4) is 0 Å². The Kier molecular flexibility index (Phi) is 2.60. The SMILES string of the molecule is O=C1NCC[C@H](O)[C@@H]1N1C(=O)c2ccccc2C1=O. The van der Waals surface area contributed by atoms with Crippen LogP contribution in [0.25, 0.3) is 0 Å². The highest BCUT2D eigenvalue weighted by molar-refractivity contribution is 6.22. The minimum absolute atomic E-state index is 0.276. The maximum atomic E-state index is 12.2. The number of nitrogens with zero attached hydrogens (tertiary/aromatic N) is 1. The van der Waals surface area contributed by atoms with Crippen molar-refractivity contribution in [3.63, 3.8) is 0 Å². The summed E-state index contributed by atoms with van der Waals surface area (Å²) >= 11 is 0. The van der Waals surface area contributed by atoms with E-state index >= 15 is 0 Å². The van der Waals surface area contributed by atoms with E-state index in [1.54, 1.807) is 24.3 Å². The summed E-state index contributed by atoms with van der Waals surface area (Å²) in [6.45, 7) is 0.347. The van der Waals surface area contributed by atoms with Gasteiger partial charge in [-0.1, -0.05) is 12.1 Å². The van der Waals surface area contributed by atoms with Crippen LogP contribution in [0, 0.1) is 0 Å². The van der Waals surface area contributed by atoms with E-state index in [0.29, 0.717) is 13.0 Å². The van der Waals surface area contributed by atoms with Gasteiger partial charge in [0.1, 0.15) is 6.04 Å². The van der Waals surface area contributed by atoms with Gasteiger partial charge in [0.05, 0.1) is 17.2 Å². The summed E-state index contributed by atoms with van der Waals surface area (Å²) in [7, 11) is 0. The van der Waals surface area contributed by atoms with E-state index in [4.69, 9.17) is 0 Å². The van der Waals surface area contributed by atoms with Crippen molar-refractivity contribution in [3.8, 4) is 0 Å². The van der Waals surface area contributed by atoms with Crippen LogP contribution in [0.5, 0.6) is 0 Å². The smallest absolute Gasteiger partial charge is 0.262 e. The van der Waals surface area contributed by atoms with Crippen LogP contribution in [-0.2, 0) is 4.79 Å². The largest absolute Gasteiger partial charge is 0.390 e. The first-order valence-corrected chi connectivity index (χ1v) is 6.04. The molecule has 6 heteroatoms. The number of hydrogen-bond acceptors (Lipinski definition) is 4. The number of imide groups is 1. The lowest BCUT2D eigenvalue weighted by atomic mass is 10.0. The molecule has 2 aliphatic rings. The number of carbonyl (C=O) groups excluding carboxylic acids is 3. The van der Waals surface area contributed by atoms with Crippen molar-refractivity contribution in [1.82, 2.24) is 10.2 Å². The molecule has 0 bridgehead atoms. The number of carbonyl (C=O) groups is 3. The van der Waals surface area contributed by atoms with Crippen LogP contribution in [-0.4, -0.2) is 46.4 Å². The predicted octanol–water partition coefficient (Wildman–Crippen LogP) is -0.468. The maximum Gasteiger partial charge on any atom is 0.262 e. The molecule has 0 saturated carbocycles. The molecule has 2 heterocycles. The van der Waals surface area contributed by atoms with E-state index in [1.165, 1.54) is 0 Å². The zero-order valence-electron chi connectivity index (χ0n) is 10.00. The van der Waals surface area contributed by atoms with E-state index in [-0.39, 0.29) is 11.1 Å². The zero-order chi connectivity index (χ0) is 13.6. The van der Waals surface area contributed by atoms with Crippen molar-refractivity contribution in [2.45, 2.75) is 18.6 Å². The summed E-state index contributed by atoms with van der Waals surface area (Å²) in [6.07, 6.45) is -0.694. The van der Waals surface area contributed by atoms with Crippen LogP contribution in [0.1, 0.15) is 27.1 Å². The summed E-state index contributed by atoms with van der Waals surface area (Å²) in [5, 5.41) is 12.5. The van der Waals surface area contributed by atoms with Crippen molar-refractivity contribution >= 4 is 17.7 Å². The molecule has 1 aromatic carbocycles. The molecule has 0 radical (unpaired) electrons. The fraction of sp³-hybridized carbons (Fsp3) is 0.308. The molecule has 0 aliphatic carbocycles. The van der Waals surface area contributed by atoms with Crippen LogP contribution >= 0.6 is 0 Å². The fourth-order valence-electron chi connectivity index (χ4n) is 2.53. The fourth-order valence-corrected chi connectivity index (χ4v) is 2.53. The minimum atomic E-state index is -1.14. The number of nitrogens with one attached hydrogen (secondary N) is 1. The molecule has 0 unspecified atom stereocenters. The number of hydrogen-bond donors (Lipinski definition) is 2. The van der Waals surface area contributed by atoms with Gasteiger partial charge in [-0.25, -0.2) is 0 Å². The monoisotopic (exact) mass is 260 g/mol. The Labute approximate surface area is 109 Å². The van der Waals surface area contributed by atoms with Gasteiger partial charge in [0.2, 0.25) is 5.91 Å². The van der Waals surface area contributed by atoms with E-state index < -0.39 is 29.9 Å². The average Bonchev–Trinajstić information content (AvgIpc) is 2.64. The molecule has 2 N–H and O–H groups in total. The summed E-state index contributed by atoms with van der Waals surface area (Å²) in [4.78, 5) is 37.1. The van der Waals surface area contributed by atoms with Crippen LogP contribution in [0.4, 0.5) is 0 Å². The van der Waals surface area contributed by atoms with Gasteiger partial charge < -0.3 is 10.4 Å². The van der Waals surface area contributed by atoms with Crippen molar-refractivity contribution < 1.29 is 19.5 Å². The van der Waals surface area contributed by atoms with Gasteiger partial charge in [0.25, 0.3) is 11.8 Å². The molecule has 1 fully saturated rings. The Bertz CT molecular complexity index is 549. The summed E-state index contributed by atoms with van der Waals surface area (Å²) in [5.74, 6) is -1.54. The summed E-state index contributed by atoms with van der Waals surface area (Å²) in [6, 6.07) is 5.27. The minimum Gasteiger partial charge on any atom is -0.390 e. The van der Waals surface area contributed by atoms with E-state index in [9.17, 15) is 19.5 Å². The third-order valence-corrected chi connectivity index (χ3v) is 3.48. The van der Waals surface area contributed by atoms with Gasteiger partial charge in [0, 0.05) is 6.54 Å². The first kappa shape index (κ1) is 11.9. The van der Waals surface area contributed by atoms with Gasteiger partial charge in [-0.15, -0.1) is 0 Å². The molecule has 98 valence electrons. The Morgan fingerprint density at radius 3 is 2.21 bits per heavy atom. The predicted molar refractivity (Wildman–Crippen MR) is 64.4 cm³/mol. The lowest BCUT2D eigenvalue weighted by molar-refractivity contribution is -0.131. The van der Waals surface area contributed by atoms with Crippen molar-refractivity contribution in [2.75, 3.05) is 6.54 Å². The van der Waals surface area contributed by atoms with E-state index in [2.05, 4.69) is 5.32 Å². The summed E-state index contributed by atoms with van der Waals surface area (Å²) in [5.41, 5.74) is 0.552. The lowest BCUT2D eigenvalue weighted by Gasteiger charge is -2.32. The number of rotatable bonds is 1. The quantitative estimate of drug-likeness (QED) is 0.668. The lowest BCUT2D eigenvalue weighted by Crippen LogP contribution is -2.59. The molecular formula is C13H12N2O4. The van der Waals surface area contributed by atoms with Gasteiger partial charge in [0.15, 0.2) is 0 Å². The molecular weight excluding hydrogens is 248 g/mol. The standard InChI is InChI=1S/C13H12N2O4/c16-9-5-6-14-11(17)10(9)15-12(18)7-3-1-2-4-8(7)13(15)19/h1-4,9-10,16H,5-6H2,(H,14,17)/t9-,10-/m0/s1. The van der Waals surface area contributed by atoms with Crippen molar-refractivity contribution in [3.05, 3.63) is 35.4 Å². The van der Waals surface area contributed by atoms with Crippen LogP contribution in [0.2, 0.25) is 0 Å². The van der Waals surface area contributed by atoms with Gasteiger partial charge in [-0.05, 0) is 18.6 Å². The highest BCUT2D eigenvalue weighted by atomic mass is 16.3. The van der Waals surface area contributed by atoms with Gasteiger partial charge in [-0.2, -0.15) is 0 Å². The van der Waals surface area contributed by atoms with Crippen LogP contribution < -0.4 is 5.32 Å². The molecule has 6 nitrogen and oxygen atoms in total. The first-order valence-electron chi connectivity index (χ1n) is 6.04. The molecule has 0 aromatic heterocycles. The van der Waals surface area contributed by atoms with Gasteiger partial charge >= 0.3 is 0 Å². The molecule has 0 spiro atoms. The molecule has 3 amide bonds. The number of piperidine rings is 1. The third-order valence-electron chi connectivity index (χ3n) is 3.48. The molecule has 3 rings (SSSR count). The van der Waals surface area contributed by atoms with Crippen molar-refractivity contribution in [1.29, 1.82) is 0 Å². The second-order valence-corrected chi connectivity index (χ2v) is 4.62. The Morgan fingerprint density at radius 2 is 1.68 bits per heavy atom. The highest BCUT2D eigenvalue weighted by Crippen LogP contribution is 2.27. The van der Waals surface area contributed by atoms with Crippen LogP contribution in [0.15, 0.2) is 24.3 Å². The number of aliphatic hydroxyl groups excluding tert-OH is 1. The topological polar surface area (TPSA) is 86.7 Å². The number of fused-ring (bicyclic) bond motifs is 1. The Hall–Kier alpha value is -2.21. The molecule has 2 aliphatic heterocycles. The molecule has 19 heavy (non-hydrogen) atoms. The van der Waals surface area contributed by atoms with E-state index in [0.717, 1.165) is 4.90 Å². The Morgan fingerprint density at radius 1 is 1.11 bits per heavy atom. The highest BCUT2D eigenvalue weighted by Gasteiger charge is 2.46. The second kappa shape index (κ2) is 4.17. The molecule has 2 atom stereocenters. The summed E-state index contributed by atoms with van der Waals surface area (Å²) < 4.78 is 0. The second-order valence-electron chi connectivity index (χ2n) is 4.62. The average molecular weight is 260 g/mol. The first-order chi connectivity index (χ1) is 9.11. The Balaban J connectivity index is 2.02. The number of benzene rings is 1. The van der Waals surface area contributed by atoms with Gasteiger partial charge in [-0.3, -0.25) is 19.3 Å². The maximum absolute atomic E-state index is 12.2. The molecule has 1 saturated heterocycles.